The number of carbonyl (C=O) groups excluding carboxylic acids is 1. The maximum Gasteiger partial charge on any atom is 0.306 e. The SMILES string of the molecule is O=C(NC1CCCC(C(=O)O)CC1)c1nn(-c2ccccc2)c2c1CCC2. The Labute approximate surface area is 158 Å². The molecule has 2 aliphatic carbocycles. The van der Waals surface area contributed by atoms with Gasteiger partial charge in [-0.25, -0.2) is 4.68 Å². The number of fused-ring (bicyclic) bond motifs is 1. The molecule has 2 unspecified atom stereocenters. The third kappa shape index (κ3) is 3.61. The Morgan fingerprint density at radius 2 is 1.85 bits per heavy atom. The summed E-state index contributed by atoms with van der Waals surface area (Å²) >= 11 is 0. The molecule has 1 aromatic heterocycles. The topological polar surface area (TPSA) is 84.2 Å². The first-order valence-electron chi connectivity index (χ1n) is 9.83. The van der Waals surface area contributed by atoms with Gasteiger partial charge < -0.3 is 10.4 Å². The molecule has 0 spiro atoms. The van der Waals surface area contributed by atoms with Crippen molar-refractivity contribution in [2.45, 2.75) is 57.4 Å². The molecule has 27 heavy (non-hydrogen) atoms. The smallest absolute Gasteiger partial charge is 0.306 e. The second kappa shape index (κ2) is 7.55. The number of nitrogens with one attached hydrogen (secondary N) is 1. The average Bonchev–Trinajstić information content (AvgIpc) is 3.19. The van der Waals surface area contributed by atoms with Crippen LogP contribution in [0.4, 0.5) is 0 Å². The van der Waals surface area contributed by atoms with E-state index in [4.69, 9.17) is 0 Å². The predicted molar refractivity (Wildman–Crippen MR) is 101 cm³/mol. The molecule has 2 aromatic rings. The maximum atomic E-state index is 12.9. The molecule has 142 valence electrons. The van der Waals surface area contributed by atoms with E-state index in [1.807, 2.05) is 35.0 Å². The molecule has 0 radical (unpaired) electrons. The second-order valence-corrected chi connectivity index (χ2v) is 7.59. The van der Waals surface area contributed by atoms with E-state index in [1.54, 1.807) is 0 Å². The van der Waals surface area contributed by atoms with Gasteiger partial charge in [-0.3, -0.25) is 9.59 Å². The number of amides is 1. The van der Waals surface area contributed by atoms with Gasteiger partial charge in [-0.2, -0.15) is 5.10 Å². The molecule has 6 nitrogen and oxygen atoms in total. The van der Waals surface area contributed by atoms with Crippen LogP contribution in [0.15, 0.2) is 30.3 Å². The monoisotopic (exact) mass is 367 g/mol. The van der Waals surface area contributed by atoms with Crippen LogP contribution in [0.3, 0.4) is 0 Å². The Hall–Kier alpha value is -2.63. The molecule has 0 bridgehead atoms. The van der Waals surface area contributed by atoms with Gasteiger partial charge in [-0.1, -0.05) is 24.6 Å². The molecule has 1 aromatic carbocycles. The summed E-state index contributed by atoms with van der Waals surface area (Å²) in [6, 6.07) is 9.96. The van der Waals surface area contributed by atoms with E-state index in [2.05, 4.69) is 10.4 Å². The summed E-state index contributed by atoms with van der Waals surface area (Å²) in [5.41, 5.74) is 3.71. The van der Waals surface area contributed by atoms with E-state index in [0.29, 0.717) is 25.0 Å². The molecule has 1 amide bonds. The normalized spacial score (nSPS) is 22.1. The number of aromatic nitrogens is 2. The van der Waals surface area contributed by atoms with Crippen LogP contribution in [-0.4, -0.2) is 32.8 Å². The van der Waals surface area contributed by atoms with E-state index in [-0.39, 0.29) is 17.9 Å². The van der Waals surface area contributed by atoms with Crippen molar-refractivity contribution >= 4 is 11.9 Å². The Balaban J connectivity index is 1.52. The molecule has 1 heterocycles. The van der Waals surface area contributed by atoms with Gasteiger partial charge in [0.25, 0.3) is 5.91 Å². The maximum absolute atomic E-state index is 12.9. The van der Waals surface area contributed by atoms with Gasteiger partial charge in [-0.05, 0) is 57.1 Å². The number of nitrogens with zero attached hydrogens (tertiary/aromatic N) is 2. The lowest BCUT2D eigenvalue weighted by molar-refractivity contribution is -0.142. The molecule has 1 fully saturated rings. The fourth-order valence-electron chi connectivity index (χ4n) is 4.35. The highest BCUT2D eigenvalue weighted by Gasteiger charge is 2.29. The van der Waals surface area contributed by atoms with Gasteiger partial charge in [0.1, 0.15) is 0 Å². The average molecular weight is 367 g/mol. The molecule has 0 saturated heterocycles. The van der Waals surface area contributed by atoms with Crippen molar-refractivity contribution in [2.24, 2.45) is 5.92 Å². The van der Waals surface area contributed by atoms with Gasteiger partial charge >= 0.3 is 5.97 Å². The fourth-order valence-corrected chi connectivity index (χ4v) is 4.35. The third-order valence-corrected chi connectivity index (χ3v) is 5.80. The first-order chi connectivity index (χ1) is 13.1. The van der Waals surface area contributed by atoms with Gasteiger partial charge in [0.15, 0.2) is 5.69 Å². The lowest BCUT2D eigenvalue weighted by Gasteiger charge is -2.16. The number of benzene rings is 1. The minimum absolute atomic E-state index is 0.0285. The van der Waals surface area contributed by atoms with E-state index < -0.39 is 5.97 Å². The highest BCUT2D eigenvalue weighted by molar-refractivity contribution is 5.94. The quantitative estimate of drug-likeness (QED) is 0.813. The van der Waals surface area contributed by atoms with Crippen molar-refractivity contribution in [1.29, 1.82) is 0 Å². The number of carbonyl (C=O) groups is 2. The van der Waals surface area contributed by atoms with E-state index in [9.17, 15) is 14.7 Å². The zero-order chi connectivity index (χ0) is 18.8. The summed E-state index contributed by atoms with van der Waals surface area (Å²) in [7, 11) is 0. The summed E-state index contributed by atoms with van der Waals surface area (Å²) < 4.78 is 1.91. The molecule has 2 N–H and O–H groups in total. The van der Waals surface area contributed by atoms with E-state index in [0.717, 1.165) is 49.0 Å². The van der Waals surface area contributed by atoms with Gasteiger partial charge in [0.05, 0.1) is 11.6 Å². The van der Waals surface area contributed by atoms with Crippen molar-refractivity contribution < 1.29 is 14.7 Å². The Morgan fingerprint density at radius 3 is 2.63 bits per heavy atom. The number of rotatable bonds is 4. The zero-order valence-electron chi connectivity index (χ0n) is 15.4. The number of hydrogen-bond acceptors (Lipinski definition) is 3. The van der Waals surface area contributed by atoms with Crippen LogP contribution in [0.1, 0.15) is 60.3 Å². The molecular weight excluding hydrogens is 342 g/mol. The Kier molecular flexibility index (Phi) is 4.97. The summed E-state index contributed by atoms with van der Waals surface area (Å²) in [6.07, 6.45) is 6.56. The van der Waals surface area contributed by atoms with Crippen LogP contribution in [0.25, 0.3) is 5.69 Å². The standard InChI is InChI=1S/C21H25N3O3/c25-20(22-15-7-4-6-14(12-13-15)21(26)27)19-17-10-5-11-18(17)24(23-19)16-8-2-1-3-9-16/h1-3,8-9,14-15H,4-7,10-13H2,(H,22,25)(H,26,27). The van der Waals surface area contributed by atoms with Crippen LogP contribution in [0, 0.1) is 5.92 Å². The Morgan fingerprint density at radius 1 is 1.04 bits per heavy atom. The summed E-state index contributed by atoms with van der Waals surface area (Å²) in [5.74, 6) is -1.13. The number of carboxylic acid groups (broad SMARTS) is 1. The molecular formula is C21H25N3O3. The molecule has 0 aliphatic heterocycles. The largest absolute Gasteiger partial charge is 0.481 e. The van der Waals surface area contributed by atoms with Crippen molar-refractivity contribution in [3.63, 3.8) is 0 Å². The van der Waals surface area contributed by atoms with E-state index in [1.165, 1.54) is 0 Å². The summed E-state index contributed by atoms with van der Waals surface area (Å²) in [5, 5.41) is 17.0. The van der Waals surface area contributed by atoms with Crippen molar-refractivity contribution in [1.82, 2.24) is 15.1 Å². The van der Waals surface area contributed by atoms with Gasteiger partial charge in [0.2, 0.25) is 0 Å². The first-order valence-corrected chi connectivity index (χ1v) is 9.83. The summed E-state index contributed by atoms with van der Waals surface area (Å²) in [6.45, 7) is 0. The first kappa shape index (κ1) is 17.8. The highest BCUT2D eigenvalue weighted by atomic mass is 16.4. The zero-order valence-corrected chi connectivity index (χ0v) is 15.4. The van der Waals surface area contributed by atoms with Crippen molar-refractivity contribution in [3.8, 4) is 5.69 Å². The molecule has 2 aliphatic rings. The van der Waals surface area contributed by atoms with Crippen molar-refractivity contribution in [2.75, 3.05) is 0 Å². The minimum atomic E-state index is -0.721. The number of carboxylic acids is 1. The minimum Gasteiger partial charge on any atom is -0.481 e. The van der Waals surface area contributed by atoms with Crippen LogP contribution in [0.5, 0.6) is 0 Å². The fraction of sp³-hybridized carbons (Fsp3) is 0.476. The second-order valence-electron chi connectivity index (χ2n) is 7.59. The number of para-hydroxylation sites is 1. The van der Waals surface area contributed by atoms with Gasteiger partial charge in [0, 0.05) is 17.3 Å². The Bertz CT molecular complexity index is 844. The van der Waals surface area contributed by atoms with Crippen LogP contribution in [0.2, 0.25) is 0 Å². The van der Waals surface area contributed by atoms with Gasteiger partial charge in [-0.15, -0.1) is 0 Å². The molecule has 1 saturated carbocycles. The highest BCUT2D eigenvalue weighted by Crippen LogP contribution is 2.28. The summed E-state index contributed by atoms with van der Waals surface area (Å²) in [4.78, 5) is 24.2. The third-order valence-electron chi connectivity index (χ3n) is 5.80. The van der Waals surface area contributed by atoms with E-state index >= 15 is 0 Å². The van der Waals surface area contributed by atoms with Crippen LogP contribution >= 0.6 is 0 Å². The number of aliphatic carboxylic acids is 1. The molecule has 2 atom stereocenters. The molecule has 6 heteroatoms. The predicted octanol–water partition coefficient (Wildman–Crippen LogP) is 3.12. The van der Waals surface area contributed by atoms with Crippen LogP contribution in [-0.2, 0) is 17.6 Å². The van der Waals surface area contributed by atoms with Crippen molar-refractivity contribution in [3.05, 3.63) is 47.3 Å². The lowest BCUT2D eigenvalue weighted by Crippen LogP contribution is -2.35. The number of hydrogen-bond donors (Lipinski definition) is 2. The lowest BCUT2D eigenvalue weighted by atomic mass is 10.0. The van der Waals surface area contributed by atoms with Crippen LogP contribution < -0.4 is 5.32 Å². The molecule has 4 rings (SSSR count).